The Balaban J connectivity index is 1.29. The van der Waals surface area contributed by atoms with E-state index in [1.54, 1.807) is 12.8 Å². The molecule has 0 saturated heterocycles. The summed E-state index contributed by atoms with van der Waals surface area (Å²) in [5.41, 5.74) is 0. The summed E-state index contributed by atoms with van der Waals surface area (Å²) in [6.07, 6.45) is 18.5. The van der Waals surface area contributed by atoms with Gasteiger partial charge in [-0.3, -0.25) is 4.79 Å². The summed E-state index contributed by atoms with van der Waals surface area (Å²) in [4.78, 5) is 14.1. The fourth-order valence-electron chi connectivity index (χ4n) is 5.28. The van der Waals surface area contributed by atoms with Gasteiger partial charge < -0.3 is 14.4 Å². The van der Waals surface area contributed by atoms with Gasteiger partial charge in [0.15, 0.2) is 0 Å². The normalized spacial score (nSPS) is 24.1. The van der Waals surface area contributed by atoms with Crippen molar-refractivity contribution < 1.29 is 14.3 Å². The summed E-state index contributed by atoms with van der Waals surface area (Å²) >= 11 is 0. The number of hydrogen-bond acceptors (Lipinski definition) is 4. The molecule has 32 heavy (non-hydrogen) atoms. The fraction of sp³-hybridized carbons (Fsp3) is 0.964. The molecule has 2 rings (SSSR count). The Bertz CT molecular complexity index is 479. The molecule has 0 spiro atoms. The van der Waals surface area contributed by atoms with E-state index in [4.69, 9.17) is 9.47 Å². The summed E-state index contributed by atoms with van der Waals surface area (Å²) < 4.78 is 10.8. The van der Waals surface area contributed by atoms with E-state index in [0.29, 0.717) is 26.2 Å². The maximum Gasteiger partial charge on any atom is 0.305 e. The van der Waals surface area contributed by atoms with Crippen LogP contribution in [0.3, 0.4) is 0 Å². The van der Waals surface area contributed by atoms with Crippen molar-refractivity contribution in [3.8, 4) is 0 Å². The third kappa shape index (κ3) is 12.6. The number of carbonyl (C=O) groups is 1. The Morgan fingerprint density at radius 2 is 1.38 bits per heavy atom. The Morgan fingerprint density at radius 1 is 0.750 bits per heavy atom. The summed E-state index contributed by atoms with van der Waals surface area (Å²) in [6, 6.07) is 0. The summed E-state index contributed by atoms with van der Waals surface area (Å²) in [6.45, 7) is 11.3. The maximum absolute atomic E-state index is 11.8. The highest BCUT2D eigenvalue weighted by Crippen LogP contribution is 2.54. The maximum atomic E-state index is 11.8. The predicted octanol–water partition coefficient (Wildman–Crippen LogP) is 6.86. The number of rotatable bonds is 22. The van der Waals surface area contributed by atoms with Crippen LogP contribution in [-0.2, 0) is 14.3 Å². The molecule has 0 bridgehead atoms. The molecule has 2 aliphatic rings. The summed E-state index contributed by atoms with van der Waals surface area (Å²) in [5.74, 6) is 4.26. The molecule has 0 aromatic heterocycles. The first-order chi connectivity index (χ1) is 15.7. The molecule has 0 radical (unpaired) electrons. The van der Waals surface area contributed by atoms with Gasteiger partial charge >= 0.3 is 5.97 Å². The first-order valence-electron chi connectivity index (χ1n) is 14.1. The van der Waals surface area contributed by atoms with Gasteiger partial charge in [-0.15, -0.1) is 0 Å². The molecular formula is C28H53NO3. The van der Waals surface area contributed by atoms with Gasteiger partial charge in [-0.05, 0) is 62.4 Å². The Labute approximate surface area is 199 Å². The van der Waals surface area contributed by atoms with Crippen LogP contribution in [0.5, 0.6) is 0 Å². The van der Waals surface area contributed by atoms with Gasteiger partial charge in [-0.25, -0.2) is 0 Å². The van der Waals surface area contributed by atoms with Gasteiger partial charge in [0.05, 0.1) is 13.2 Å². The molecule has 2 saturated carbocycles. The zero-order valence-corrected chi connectivity index (χ0v) is 21.6. The summed E-state index contributed by atoms with van der Waals surface area (Å²) in [7, 11) is 0. The molecule has 0 heterocycles. The molecule has 4 unspecified atom stereocenters. The van der Waals surface area contributed by atoms with Gasteiger partial charge in [0.2, 0.25) is 0 Å². The smallest absolute Gasteiger partial charge is 0.305 e. The van der Waals surface area contributed by atoms with E-state index in [-0.39, 0.29) is 5.97 Å². The lowest BCUT2D eigenvalue weighted by Gasteiger charge is -2.17. The van der Waals surface area contributed by atoms with Crippen LogP contribution >= 0.6 is 0 Å². The van der Waals surface area contributed by atoms with Crippen LogP contribution in [-0.4, -0.2) is 50.3 Å². The molecule has 4 nitrogen and oxygen atoms in total. The lowest BCUT2D eigenvalue weighted by Crippen LogP contribution is -2.27. The second-order valence-corrected chi connectivity index (χ2v) is 10.4. The van der Waals surface area contributed by atoms with Gasteiger partial charge in [-0.2, -0.15) is 0 Å². The second kappa shape index (κ2) is 16.9. The first-order valence-corrected chi connectivity index (χ1v) is 14.1. The van der Waals surface area contributed by atoms with E-state index in [2.05, 4.69) is 25.7 Å². The van der Waals surface area contributed by atoms with Crippen LogP contribution in [0.25, 0.3) is 0 Å². The Kier molecular flexibility index (Phi) is 14.6. The molecular weight excluding hydrogens is 398 g/mol. The molecule has 188 valence electrons. The Hall–Kier alpha value is -0.610. The van der Waals surface area contributed by atoms with Gasteiger partial charge in [0.1, 0.15) is 6.61 Å². The average Bonchev–Trinajstić information content (AvgIpc) is 3.71. The number of likely N-dealkylation sites (N-methyl/N-ethyl adjacent to an activating group) is 1. The average molecular weight is 452 g/mol. The van der Waals surface area contributed by atoms with Crippen LogP contribution in [0.4, 0.5) is 0 Å². The summed E-state index contributed by atoms with van der Waals surface area (Å²) in [5, 5.41) is 0. The van der Waals surface area contributed by atoms with Crippen molar-refractivity contribution in [3.63, 3.8) is 0 Å². The Morgan fingerprint density at radius 3 is 2.03 bits per heavy atom. The third-order valence-electron chi connectivity index (χ3n) is 7.81. The second-order valence-electron chi connectivity index (χ2n) is 10.4. The van der Waals surface area contributed by atoms with Crippen molar-refractivity contribution in [1.82, 2.24) is 4.90 Å². The third-order valence-corrected chi connectivity index (χ3v) is 7.81. The van der Waals surface area contributed by atoms with Gasteiger partial charge in [-0.1, -0.05) is 78.6 Å². The molecule has 0 aliphatic heterocycles. The van der Waals surface area contributed by atoms with E-state index in [0.717, 1.165) is 56.1 Å². The van der Waals surface area contributed by atoms with Gasteiger partial charge in [0, 0.05) is 13.0 Å². The number of ether oxygens (including phenoxy) is 2. The minimum Gasteiger partial charge on any atom is -0.463 e. The van der Waals surface area contributed by atoms with Crippen LogP contribution < -0.4 is 0 Å². The lowest BCUT2D eigenvalue weighted by molar-refractivity contribution is -0.145. The van der Waals surface area contributed by atoms with Crippen LogP contribution in [0, 0.1) is 23.7 Å². The number of esters is 1. The fourth-order valence-corrected chi connectivity index (χ4v) is 5.28. The van der Waals surface area contributed by atoms with Crippen LogP contribution in [0.2, 0.25) is 0 Å². The zero-order chi connectivity index (χ0) is 23.0. The molecule has 0 N–H and O–H groups in total. The molecule has 2 aliphatic carbocycles. The van der Waals surface area contributed by atoms with E-state index < -0.39 is 0 Å². The predicted molar refractivity (Wildman–Crippen MR) is 134 cm³/mol. The van der Waals surface area contributed by atoms with Crippen molar-refractivity contribution in [2.45, 2.75) is 111 Å². The van der Waals surface area contributed by atoms with E-state index >= 15 is 0 Å². The van der Waals surface area contributed by atoms with Crippen molar-refractivity contribution in [2.24, 2.45) is 23.7 Å². The topological polar surface area (TPSA) is 38.8 Å². The van der Waals surface area contributed by atoms with E-state index in [1.807, 2.05) is 0 Å². The highest BCUT2D eigenvalue weighted by Gasteiger charge is 2.44. The minimum absolute atomic E-state index is 0.0637. The standard InChI is InChI=1S/C28H53NO3/c1-4-7-11-14-24-21-26(24)23-27-22-25(27)15-12-9-8-10-13-16-28(30)32-20-19-31-18-17-29(5-2)6-3/h24-27H,4-23H2,1-3H3. The quantitative estimate of drug-likeness (QED) is 0.133. The first kappa shape index (κ1) is 27.6. The van der Waals surface area contributed by atoms with Crippen molar-refractivity contribution >= 4 is 5.97 Å². The number of unbranched alkanes of at least 4 members (excludes halogenated alkanes) is 6. The van der Waals surface area contributed by atoms with Crippen LogP contribution in [0.15, 0.2) is 0 Å². The number of carbonyl (C=O) groups excluding carboxylic acids is 1. The monoisotopic (exact) mass is 451 g/mol. The highest BCUT2D eigenvalue weighted by atomic mass is 16.6. The van der Waals surface area contributed by atoms with E-state index in [1.165, 1.54) is 57.8 Å². The van der Waals surface area contributed by atoms with Crippen molar-refractivity contribution in [2.75, 3.05) is 39.5 Å². The SMILES string of the molecule is CCCCCC1CC1CC1CC1CCCCCCCC(=O)OCCOCCN(CC)CC. The lowest BCUT2D eigenvalue weighted by atomic mass is 10.0. The minimum atomic E-state index is -0.0637. The van der Waals surface area contributed by atoms with E-state index in [9.17, 15) is 4.79 Å². The zero-order valence-electron chi connectivity index (χ0n) is 21.6. The molecule has 0 amide bonds. The van der Waals surface area contributed by atoms with Crippen LogP contribution in [0.1, 0.15) is 111 Å². The molecule has 0 aromatic carbocycles. The molecule has 4 atom stereocenters. The number of hydrogen-bond donors (Lipinski definition) is 0. The van der Waals surface area contributed by atoms with Crippen molar-refractivity contribution in [3.05, 3.63) is 0 Å². The molecule has 0 aromatic rings. The number of nitrogens with zero attached hydrogens (tertiary/aromatic N) is 1. The van der Waals surface area contributed by atoms with Gasteiger partial charge in [0.25, 0.3) is 0 Å². The van der Waals surface area contributed by atoms with Crippen molar-refractivity contribution in [1.29, 1.82) is 0 Å². The molecule has 4 heteroatoms. The largest absolute Gasteiger partial charge is 0.463 e. The highest BCUT2D eigenvalue weighted by molar-refractivity contribution is 5.69. The molecule has 2 fully saturated rings.